The molecule has 0 amide bonds. The molecule has 1 aromatic heterocycles. The number of benzene rings is 1. The number of hydrogen-bond donors (Lipinski definition) is 1. The molecule has 1 heterocycles. The average Bonchev–Trinajstić information content (AvgIpc) is 2.32. The maximum atomic E-state index is 11.5. The van der Waals surface area contributed by atoms with E-state index in [2.05, 4.69) is 0 Å². The highest BCUT2D eigenvalue weighted by Crippen LogP contribution is 2.27. The lowest BCUT2D eigenvalue weighted by Gasteiger charge is -2.06. The van der Waals surface area contributed by atoms with E-state index in [4.69, 9.17) is 21.1 Å². The molecule has 5 heteroatoms. The molecule has 0 atom stereocenters. The van der Waals surface area contributed by atoms with E-state index in [1.807, 2.05) is 13.0 Å². The quantitative estimate of drug-likeness (QED) is 0.693. The summed E-state index contributed by atoms with van der Waals surface area (Å²) in [6.45, 7) is 2.00. The molecule has 0 spiro atoms. The van der Waals surface area contributed by atoms with Gasteiger partial charge in [0.1, 0.15) is 5.58 Å². The minimum Gasteiger partial charge on any atom is -0.423 e. The van der Waals surface area contributed by atoms with E-state index in [1.165, 1.54) is 6.07 Å². The zero-order chi connectivity index (χ0) is 13.1. The van der Waals surface area contributed by atoms with Gasteiger partial charge in [-0.1, -0.05) is 11.6 Å². The lowest BCUT2D eigenvalue weighted by atomic mass is 10.1. The third kappa shape index (κ3) is 2.88. The molecule has 0 bridgehead atoms. The van der Waals surface area contributed by atoms with Gasteiger partial charge in [-0.15, -0.1) is 0 Å². The molecule has 0 unspecified atom stereocenters. The Morgan fingerprint density at radius 1 is 1.39 bits per heavy atom. The van der Waals surface area contributed by atoms with Gasteiger partial charge in [0.15, 0.2) is 0 Å². The first-order valence-corrected chi connectivity index (χ1v) is 7.06. The van der Waals surface area contributed by atoms with Crippen LogP contribution in [0.2, 0.25) is 5.02 Å². The van der Waals surface area contributed by atoms with Crippen LogP contribution in [0, 0.1) is 6.92 Å². The van der Waals surface area contributed by atoms with Gasteiger partial charge in [-0.05, 0) is 30.2 Å². The van der Waals surface area contributed by atoms with E-state index < -0.39 is 0 Å². The molecule has 0 aliphatic carbocycles. The summed E-state index contributed by atoms with van der Waals surface area (Å²) < 4.78 is 5.17. The van der Waals surface area contributed by atoms with E-state index in [0.29, 0.717) is 22.1 Å². The smallest absolute Gasteiger partial charge is 0.336 e. The third-order valence-electron chi connectivity index (χ3n) is 2.60. The summed E-state index contributed by atoms with van der Waals surface area (Å²) in [4.78, 5) is 11.5. The Morgan fingerprint density at radius 2 is 2.17 bits per heavy atom. The molecular formula is C13H13ClO3S. The highest BCUT2D eigenvalue weighted by atomic mass is 35.5. The van der Waals surface area contributed by atoms with Gasteiger partial charge in [0, 0.05) is 28.0 Å². The Hall–Kier alpha value is -0.970. The average molecular weight is 285 g/mol. The predicted octanol–water partition coefficient (Wildman–Crippen LogP) is 2.98. The van der Waals surface area contributed by atoms with Crippen molar-refractivity contribution in [2.75, 3.05) is 12.4 Å². The molecule has 3 nitrogen and oxygen atoms in total. The van der Waals surface area contributed by atoms with E-state index in [9.17, 15) is 4.79 Å². The van der Waals surface area contributed by atoms with Crippen LogP contribution >= 0.6 is 23.4 Å². The maximum Gasteiger partial charge on any atom is 0.336 e. The molecule has 0 saturated heterocycles. The standard InChI is InChI=1S/C13H13ClO3S/c1-8-4-12-10(6-11(8)14)9(5-13(16)17-12)7-18-3-2-15/h4-6,15H,2-3,7H2,1H3. The second-order valence-electron chi connectivity index (χ2n) is 3.96. The monoisotopic (exact) mass is 284 g/mol. The number of halogens is 1. The number of fused-ring (bicyclic) bond motifs is 1. The van der Waals surface area contributed by atoms with Crippen LogP contribution in [0.3, 0.4) is 0 Å². The maximum absolute atomic E-state index is 11.5. The fraction of sp³-hybridized carbons (Fsp3) is 0.308. The predicted molar refractivity (Wildman–Crippen MR) is 75.5 cm³/mol. The Kier molecular flexibility index (Phi) is 4.32. The summed E-state index contributed by atoms with van der Waals surface area (Å²) in [5, 5.41) is 10.3. The second kappa shape index (κ2) is 5.78. The third-order valence-corrected chi connectivity index (χ3v) is 4.00. The van der Waals surface area contributed by atoms with Gasteiger partial charge in [-0.3, -0.25) is 0 Å². The zero-order valence-electron chi connectivity index (χ0n) is 9.90. The molecule has 1 aromatic carbocycles. The van der Waals surface area contributed by atoms with Gasteiger partial charge < -0.3 is 9.52 Å². The van der Waals surface area contributed by atoms with Crippen molar-refractivity contribution in [1.82, 2.24) is 0 Å². The molecule has 18 heavy (non-hydrogen) atoms. The zero-order valence-corrected chi connectivity index (χ0v) is 11.5. The van der Waals surface area contributed by atoms with Crippen molar-refractivity contribution in [2.45, 2.75) is 12.7 Å². The minimum absolute atomic E-state index is 0.129. The van der Waals surface area contributed by atoms with Crippen LogP contribution in [0.4, 0.5) is 0 Å². The van der Waals surface area contributed by atoms with Crippen LogP contribution in [0.25, 0.3) is 11.0 Å². The number of hydrogen-bond acceptors (Lipinski definition) is 4. The molecule has 1 N–H and O–H groups in total. The number of aliphatic hydroxyl groups is 1. The summed E-state index contributed by atoms with van der Waals surface area (Å²) in [5.74, 6) is 1.30. The van der Waals surface area contributed by atoms with Crippen LogP contribution < -0.4 is 5.63 Å². The summed E-state index contributed by atoms with van der Waals surface area (Å²) in [6.07, 6.45) is 0. The minimum atomic E-state index is -0.358. The van der Waals surface area contributed by atoms with E-state index >= 15 is 0 Å². The summed E-state index contributed by atoms with van der Waals surface area (Å²) in [7, 11) is 0. The SMILES string of the molecule is Cc1cc2oc(=O)cc(CSCCO)c2cc1Cl. The number of aliphatic hydroxyl groups excluding tert-OH is 1. The van der Waals surface area contributed by atoms with Crippen molar-refractivity contribution in [2.24, 2.45) is 0 Å². The molecular weight excluding hydrogens is 272 g/mol. The molecule has 2 rings (SSSR count). The molecule has 0 aliphatic heterocycles. The van der Waals surface area contributed by atoms with Gasteiger partial charge in [0.2, 0.25) is 0 Å². The fourth-order valence-electron chi connectivity index (χ4n) is 1.71. The summed E-state index contributed by atoms with van der Waals surface area (Å²) in [5.41, 5.74) is 1.97. The first-order valence-electron chi connectivity index (χ1n) is 5.53. The van der Waals surface area contributed by atoms with Crippen molar-refractivity contribution in [3.8, 4) is 0 Å². The Bertz CT molecular complexity index is 621. The second-order valence-corrected chi connectivity index (χ2v) is 5.48. The molecule has 0 aliphatic rings. The van der Waals surface area contributed by atoms with Crippen LogP contribution in [0.1, 0.15) is 11.1 Å². The van der Waals surface area contributed by atoms with E-state index in [-0.39, 0.29) is 12.2 Å². The van der Waals surface area contributed by atoms with Crippen LogP contribution in [0.15, 0.2) is 27.4 Å². The summed E-state index contributed by atoms with van der Waals surface area (Å²) in [6, 6.07) is 5.08. The van der Waals surface area contributed by atoms with E-state index in [1.54, 1.807) is 17.8 Å². The largest absolute Gasteiger partial charge is 0.423 e. The lowest BCUT2D eigenvalue weighted by molar-refractivity contribution is 0.322. The highest BCUT2D eigenvalue weighted by Gasteiger charge is 2.08. The van der Waals surface area contributed by atoms with Crippen molar-refractivity contribution in [3.05, 3.63) is 44.8 Å². The van der Waals surface area contributed by atoms with Gasteiger partial charge in [-0.25, -0.2) is 4.79 Å². The Balaban J connectivity index is 2.50. The van der Waals surface area contributed by atoms with Crippen molar-refractivity contribution in [3.63, 3.8) is 0 Å². The lowest BCUT2D eigenvalue weighted by Crippen LogP contribution is -2.01. The molecule has 2 aromatic rings. The first kappa shape index (κ1) is 13.5. The number of rotatable bonds is 4. The fourth-order valence-corrected chi connectivity index (χ4v) is 2.61. The Morgan fingerprint density at radius 3 is 2.89 bits per heavy atom. The van der Waals surface area contributed by atoms with Gasteiger partial charge >= 0.3 is 5.63 Å². The Labute approximate surface area is 114 Å². The normalized spacial score (nSPS) is 11.1. The van der Waals surface area contributed by atoms with Gasteiger partial charge in [-0.2, -0.15) is 11.8 Å². The number of aryl methyl sites for hydroxylation is 1. The summed E-state index contributed by atoms with van der Waals surface area (Å²) >= 11 is 7.66. The van der Waals surface area contributed by atoms with Crippen LogP contribution in [0.5, 0.6) is 0 Å². The van der Waals surface area contributed by atoms with Crippen molar-refractivity contribution >= 4 is 34.3 Å². The molecule has 0 fully saturated rings. The molecule has 0 saturated carbocycles. The number of thioether (sulfide) groups is 1. The van der Waals surface area contributed by atoms with Crippen molar-refractivity contribution in [1.29, 1.82) is 0 Å². The van der Waals surface area contributed by atoms with Crippen LogP contribution in [-0.2, 0) is 5.75 Å². The van der Waals surface area contributed by atoms with Gasteiger partial charge in [0.05, 0.1) is 6.61 Å². The van der Waals surface area contributed by atoms with Crippen molar-refractivity contribution < 1.29 is 9.52 Å². The molecule has 0 radical (unpaired) electrons. The molecule has 96 valence electrons. The highest BCUT2D eigenvalue weighted by molar-refractivity contribution is 7.98. The van der Waals surface area contributed by atoms with Crippen LogP contribution in [-0.4, -0.2) is 17.5 Å². The first-order chi connectivity index (χ1) is 8.61. The van der Waals surface area contributed by atoms with Gasteiger partial charge in [0.25, 0.3) is 0 Å². The van der Waals surface area contributed by atoms with E-state index in [0.717, 1.165) is 16.5 Å². The topological polar surface area (TPSA) is 50.4 Å².